The SMILES string of the molecule is COc1ccccc1CNc1c2c(nc3nc(-c4ccc(C)cc4)nn13)CCCC2. The molecule has 2 aromatic heterocycles. The molecule has 0 unspecified atom stereocenters. The molecule has 2 aromatic carbocycles. The van der Waals surface area contributed by atoms with E-state index in [-0.39, 0.29) is 0 Å². The smallest absolute Gasteiger partial charge is 0.254 e. The summed E-state index contributed by atoms with van der Waals surface area (Å²) < 4.78 is 7.39. The second kappa shape index (κ2) is 7.78. The van der Waals surface area contributed by atoms with Gasteiger partial charge in [0.25, 0.3) is 5.78 Å². The molecule has 0 saturated heterocycles. The highest BCUT2D eigenvalue weighted by atomic mass is 16.5. The third kappa shape index (κ3) is 3.38. The summed E-state index contributed by atoms with van der Waals surface area (Å²) >= 11 is 0. The summed E-state index contributed by atoms with van der Waals surface area (Å²) in [7, 11) is 1.70. The van der Waals surface area contributed by atoms with Gasteiger partial charge in [-0.15, -0.1) is 5.10 Å². The maximum atomic E-state index is 5.52. The predicted octanol–water partition coefficient (Wildman–Crippen LogP) is 4.60. The number of hydrogen-bond acceptors (Lipinski definition) is 5. The van der Waals surface area contributed by atoms with E-state index < -0.39 is 0 Å². The average Bonchev–Trinajstić information content (AvgIpc) is 3.21. The molecular weight excluding hydrogens is 374 g/mol. The molecule has 6 heteroatoms. The van der Waals surface area contributed by atoms with Crippen molar-refractivity contribution in [2.45, 2.75) is 39.2 Å². The highest BCUT2D eigenvalue weighted by Gasteiger charge is 2.21. The lowest BCUT2D eigenvalue weighted by atomic mass is 9.96. The van der Waals surface area contributed by atoms with Crippen molar-refractivity contribution in [2.75, 3.05) is 12.4 Å². The normalized spacial score (nSPS) is 13.3. The van der Waals surface area contributed by atoms with Gasteiger partial charge in [0.15, 0.2) is 5.82 Å². The number of aryl methyl sites for hydroxylation is 2. The number of anilines is 1. The van der Waals surface area contributed by atoms with Crippen molar-refractivity contribution in [1.82, 2.24) is 19.6 Å². The van der Waals surface area contributed by atoms with Crippen LogP contribution in [-0.4, -0.2) is 26.7 Å². The van der Waals surface area contributed by atoms with E-state index in [2.05, 4.69) is 42.6 Å². The molecule has 1 aliphatic rings. The van der Waals surface area contributed by atoms with Crippen LogP contribution in [0.1, 0.15) is 35.2 Å². The quantitative estimate of drug-likeness (QED) is 0.531. The summed E-state index contributed by atoms with van der Waals surface area (Å²) in [5.74, 6) is 3.22. The molecule has 0 fully saturated rings. The molecule has 0 saturated carbocycles. The van der Waals surface area contributed by atoms with Crippen LogP contribution in [0.4, 0.5) is 5.82 Å². The fourth-order valence-corrected chi connectivity index (χ4v) is 4.08. The molecule has 0 radical (unpaired) electrons. The van der Waals surface area contributed by atoms with Crippen LogP contribution in [0.15, 0.2) is 48.5 Å². The Labute approximate surface area is 176 Å². The average molecular weight is 399 g/mol. The minimum absolute atomic E-state index is 0.647. The monoisotopic (exact) mass is 399 g/mol. The maximum absolute atomic E-state index is 5.52. The highest BCUT2D eigenvalue weighted by Crippen LogP contribution is 2.29. The van der Waals surface area contributed by atoms with Gasteiger partial charge in [-0.05, 0) is 38.7 Å². The summed E-state index contributed by atoms with van der Waals surface area (Å²) in [6.45, 7) is 2.73. The Hall–Kier alpha value is -3.41. The molecule has 1 aliphatic carbocycles. The molecule has 0 spiro atoms. The van der Waals surface area contributed by atoms with Gasteiger partial charge in [0.1, 0.15) is 11.6 Å². The first-order valence-corrected chi connectivity index (χ1v) is 10.4. The number of nitrogens with zero attached hydrogens (tertiary/aromatic N) is 4. The zero-order chi connectivity index (χ0) is 20.5. The standard InChI is InChI=1S/C24H25N5O/c1-16-11-13-17(14-12-16)22-27-24-26-20-9-5-4-8-19(20)23(29(24)28-22)25-15-18-7-3-6-10-21(18)30-2/h3,6-7,10-14,25H,4-5,8-9,15H2,1-2H3. The molecule has 30 heavy (non-hydrogen) atoms. The van der Waals surface area contributed by atoms with Crippen molar-refractivity contribution in [3.05, 3.63) is 70.9 Å². The summed E-state index contributed by atoms with van der Waals surface area (Å²) in [4.78, 5) is 9.60. The third-order valence-electron chi connectivity index (χ3n) is 5.71. The zero-order valence-corrected chi connectivity index (χ0v) is 17.4. The van der Waals surface area contributed by atoms with Crippen molar-refractivity contribution in [2.24, 2.45) is 0 Å². The number of methoxy groups -OCH3 is 1. The van der Waals surface area contributed by atoms with Crippen molar-refractivity contribution < 1.29 is 4.74 Å². The molecule has 0 aliphatic heterocycles. The van der Waals surface area contributed by atoms with Crippen molar-refractivity contribution in [1.29, 1.82) is 0 Å². The van der Waals surface area contributed by atoms with Gasteiger partial charge in [-0.2, -0.15) is 9.50 Å². The van der Waals surface area contributed by atoms with Gasteiger partial charge in [-0.3, -0.25) is 0 Å². The maximum Gasteiger partial charge on any atom is 0.254 e. The Morgan fingerprint density at radius 1 is 1.00 bits per heavy atom. The Balaban J connectivity index is 1.58. The lowest BCUT2D eigenvalue weighted by molar-refractivity contribution is 0.410. The fourth-order valence-electron chi connectivity index (χ4n) is 4.08. The molecule has 0 bridgehead atoms. The van der Waals surface area contributed by atoms with E-state index >= 15 is 0 Å². The number of benzene rings is 2. The number of rotatable bonds is 5. The van der Waals surface area contributed by atoms with Crippen molar-refractivity contribution in [3.63, 3.8) is 0 Å². The van der Waals surface area contributed by atoms with Gasteiger partial charge >= 0.3 is 0 Å². The number of nitrogens with one attached hydrogen (secondary N) is 1. The number of ether oxygens (including phenoxy) is 1. The molecule has 0 amide bonds. The summed E-state index contributed by atoms with van der Waals surface area (Å²) in [6.07, 6.45) is 4.33. The molecule has 6 nitrogen and oxygen atoms in total. The number of hydrogen-bond donors (Lipinski definition) is 1. The number of fused-ring (bicyclic) bond motifs is 2. The fraction of sp³-hybridized carbons (Fsp3) is 0.292. The Kier molecular flexibility index (Phi) is 4.83. The van der Waals surface area contributed by atoms with E-state index in [0.717, 1.165) is 41.2 Å². The lowest BCUT2D eigenvalue weighted by Gasteiger charge is -2.20. The molecule has 4 aromatic rings. The lowest BCUT2D eigenvalue weighted by Crippen LogP contribution is -2.15. The van der Waals surface area contributed by atoms with Crippen LogP contribution in [0.3, 0.4) is 0 Å². The number of aromatic nitrogens is 4. The van der Waals surface area contributed by atoms with Gasteiger partial charge in [-0.1, -0.05) is 48.0 Å². The molecule has 5 rings (SSSR count). The van der Waals surface area contributed by atoms with Gasteiger partial charge in [0.05, 0.1) is 12.8 Å². The molecule has 1 N–H and O–H groups in total. The Bertz CT molecular complexity index is 1200. The van der Waals surface area contributed by atoms with Crippen molar-refractivity contribution in [3.8, 4) is 17.1 Å². The number of para-hydroxylation sites is 1. The van der Waals surface area contributed by atoms with Crippen LogP contribution < -0.4 is 10.1 Å². The third-order valence-corrected chi connectivity index (χ3v) is 5.71. The first-order chi connectivity index (χ1) is 14.7. The van der Waals surface area contributed by atoms with E-state index in [1.807, 2.05) is 22.7 Å². The highest BCUT2D eigenvalue weighted by molar-refractivity contribution is 5.61. The first-order valence-electron chi connectivity index (χ1n) is 10.4. The summed E-state index contributed by atoms with van der Waals surface area (Å²) in [6, 6.07) is 16.4. The van der Waals surface area contributed by atoms with E-state index in [9.17, 15) is 0 Å². The van der Waals surface area contributed by atoms with E-state index in [1.54, 1.807) is 7.11 Å². The first kappa shape index (κ1) is 18.6. The van der Waals surface area contributed by atoms with Crippen LogP contribution in [0.5, 0.6) is 5.75 Å². The van der Waals surface area contributed by atoms with E-state index in [0.29, 0.717) is 18.1 Å². The second-order valence-corrected chi connectivity index (χ2v) is 7.77. The second-order valence-electron chi connectivity index (χ2n) is 7.77. The summed E-state index contributed by atoms with van der Waals surface area (Å²) in [5.41, 5.74) is 5.71. The Morgan fingerprint density at radius 3 is 2.63 bits per heavy atom. The van der Waals surface area contributed by atoms with Crippen LogP contribution in [-0.2, 0) is 19.4 Å². The van der Waals surface area contributed by atoms with Crippen LogP contribution in [0, 0.1) is 6.92 Å². The van der Waals surface area contributed by atoms with Crippen molar-refractivity contribution >= 4 is 11.6 Å². The molecule has 152 valence electrons. The van der Waals surface area contributed by atoms with Gasteiger partial charge in [-0.25, -0.2) is 4.98 Å². The topological polar surface area (TPSA) is 64.3 Å². The minimum atomic E-state index is 0.647. The molecule has 0 atom stereocenters. The van der Waals surface area contributed by atoms with Gasteiger partial charge in [0.2, 0.25) is 0 Å². The Morgan fingerprint density at radius 2 is 1.80 bits per heavy atom. The zero-order valence-electron chi connectivity index (χ0n) is 17.4. The van der Waals surface area contributed by atoms with E-state index in [1.165, 1.54) is 24.0 Å². The molecular formula is C24H25N5O. The summed E-state index contributed by atoms with van der Waals surface area (Å²) in [5, 5.41) is 8.45. The van der Waals surface area contributed by atoms with Crippen LogP contribution >= 0.6 is 0 Å². The van der Waals surface area contributed by atoms with Crippen LogP contribution in [0.2, 0.25) is 0 Å². The van der Waals surface area contributed by atoms with E-state index in [4.69, 9.17) is 19.8 Å². The minimum Gasteiger partial charge on any atom is -0.496 e. The van der Waals surface area contributed by atoms with Gasteiger partial charge < -0.3 is 10.1 Å². The predicted molar refractivity (Wildman–Crippen MR) is 118 cm³/mol. The molecule has 2 heterocycles. The van der Waals surface area contributed by atoms with Gasteiger partial charge in [0, 0.05) is 23.2 Å². The largest absolute Gasteiger partial charge is 0.496 e. The van der Waals surface area contributed by atoms with Crippen LogP contribution in [0.25, 0.3) is 17.2 Å².